The molecule has 2 rings (SSSR count). The van der Waals surface area contributed by atoms with Gasteiger partial charge in [-0.1, -0.05) is 12.1 Å². The minimum Gasteiger partial charge on any atom is -0.394 e. The van der Waals surface area contributed by atoms with Gasteiger partial charge >= 0.3 is 0 Å². The van der Waals surface area contributed by atoms with E-state index in [1.165, 1.54) is 12.1 Å². The molecular weight excluding hydrogens is 349 g/mol. The molecule has 26 heavy (non-hydrogen) atoms. The lowest BCUT2D eigenvalue weighted by Crippen LogP contribution is -2.26. The van der Waals surface area contributed by atoms with Crippen molar-refractivity contribution >= 4 is 17.3 Å². The second kappa shape index (κ2) is 9.02. The van der Waals surface area contributed by atoms with Gasteiger partial charge in [0, 0.05) is 6.07 Å². The number of halogens is 3. The van der Waals surface area contributed by atoms with Crippen molar-refractivity contribution in [1.29, 1.82) is 0 Å². The zero-order chi connectivity index (χ0) is 19.1. The third kappa shape index (κ3) is 4.84. The van der Waals surface area contributed by atoms with Gasteiger partial charge in [0.2, 0.25) is 0 Å². The van der Waals surface area contributed by atoms with Crippen molar-refractivity contribution < 1.29 is 27.9 Å². The molecule has 2 aromatic carbocycles. The lowest BCUT2D eigenvalue weighted by Gasteiger charge is -2.14. The summed E-state index contributed by atoms with van der Waals surface area (Å²) in [4.78, 5) is 16.7. The smallest absolute Gasteiger partial charge is 0.277 e. The number of hydrogen-bond acceptors (Lipinski definition) is 4. The van der Waals surface area contributed by atoms with Gasteiger partial charge in [0.15, 0.2) is 11.6 Å². The monoisotopic (exact) mass is 366 g/mol. The number of hydrogen-bond donors (Lipinski definition) is 3. The molecule has 0 unspecified atom stereocenters. The summed E-state index contributed by atoms with van der Waals surface area (Å²) < 4.78 is 41.3. The van der Waals surface area contributed by atoms with Crippen LogP contribution in [0.2, 0.25) is 0 Å². The molecule has 0 atom stereocenters. The first-order valence-electron chi connectivity index (χ1n) is 7.64. The van der Waals surface area contributed by atoms with Crippen molar-refractivity contribution in [2.24, 2.45) is 0 Å². The molecule has 0 radical (unpaired) electrons. The van der Waals surface area contributed by atoms with Crippen molar-refractivity contribution in [3.63, 3.8) is 0 Å². The van der Waals surface area contributed by atoms with Crippen molar-refractivity contribution in [3.8, 4) is 0 Å². The molecule has 0 aliphatic carbocycles. The third-order valence-corrected chi connectivity index (χ3v) is 3.35. The Bertz CT molecular complexity index is 813. The van der Waals surface area contributed by atoms with E-state index in [1.54, 1.807) is 12.1 Å². The molecule has 0 aliphatic rings. The lowest BCUT2D eigenvalue weighted by atomic mass is 10.1. The highest BCUT2D eigenvalue weighted by Gasteiger charge is 2.17. The number of carbonyl (C=O) groups excluding carboxylic acids is 1. The SMILES string of the molecule is C=CCc1ccc(Nc2cc(F)c(F)cc2C(=O)NOCCO)c(F)c1. The van der Waals surface area contributed by atoms with E-state index in [0.717, 1.165) is 6.07 Å². The van der Waals surface area contributed by atoms with Crippen LogP contribution in [0.4, 0.5) is 24.5 Å². The minimum absolute atomic E-state index is 0.0193. The van der Waals surface area contributed by atoms with Crippen LogP contribution in [-0.2, 0) is 11.3 Å². The predicted molar refractivity (Wildman–Crippen MR) is 90.4 cm³/mol. The summed E-state index contributed by atoms with van der Waals surface area (Å²) in [5.41, 5.74) is 2.20. The predicted octanol–water partition coefficient (Wildman–Crippen LogP) is 3.23. The van der Waals surface area contributed by atoms with Crippen molar-refractivity contribution in [2.75, 3.05) is 18.5 Å². The molecule has 0 bridgehead atoms. The number of aliphatic hydroxyl groups excluding tert-OH is 1. The number of nitrogens with one attached hydrogen (secondary N) is 2. The highest BCUT2D eigenvalue weighted by Crippen LogP contribution is 2.26. The molecule has 3 N–H and O–H groups in total. The van der Waals surface area contributed by atoms with Gasteiger partial charge in [-0.25, -0.2) is 18.7 Å². The van der Waals surface area contributed by atoms with E-state index in [1.807, 2.05) is 5.48 Å². The molecule has 2 aromatic rings. The lowest BCUT2D eigenvalue weighted by molar-refractivity contribution is 0.0168. The average Bonchev–Trinajstić information content (AvgIpc) is 2.60. The van der Waals surface area contributed by atoms with E-state index in [9.17, 15) is 18.0 Å². The van der Waals surface area contributed by atoms with E-state index < -0.39 is 23.4 Å². The quantitative estimate of drug-likeness (QED) is 0.381. The molecule has 138 valence electrons. The molecule has 0 heterocycles. The fourth-order valence-corrected chi connectivity index (χ4v) is 2.15. The maximum atomic E-state index is 14.2. The molecule has 0 fully saturated rings. The molecule has 0 aromatic heterocycles. The molecule has 0 saturated carbocycles. The molecule has 0 spiro atoms. The second-order valence-electron chi connectivity index (χ2n) is 5.25. The number of amides is 1. The highest BCUT2D eigenvalue weighted by atomic mass is 19.2. The summed E-state index contributed by atoms with van der Waals surface area (Å²) in [7, 11) is 0. The largest absolute Gasteiger partial charge is 0.394 e. The summed E-state index contributed by atoms with van der Waals surface area (Å²) in [5.74, 6) is -3.96. The van der Waals surface area contributed by atoms with Gasteiger partial charge in [0.05, 0.1) is 30.2 Å². The van der Waals surface area contributed by atoms with Crippen LogP contribution >= 0.6 is 0 Å². The Labute approximate surface area is 148 Å². The first-order chi connectivity index (χ1) is 12.5. The molecule has 8 heteroatoms. The summed E-state index contributed by atoms with van der Waals surface area (Å²) in [6.45, 7) is 3.04. The Morgan fingerprint density at radius 1 is 1.12 bits per heavy atom. The first kappa shape index (κ1) is 19.5. The van der Waals surface area contributed by atoms with Gasteiger partial charge in [0.25, 0.3) is 5.91 Å². The zero-order valence-electron chi connectivity index (χ0n) is 13.7. The van der Waals surface area contributed by atoms with Crippen LogP contribution in [0.5, 0.6) is 0 Å². The number of allylic oxidation sites excluding steroid dienone is 1. The van der Waals surface area contributed by atoms with Gasteiger partial charge in [-0.05, 0) is 30.2 Å². The average molecular weight is 366 g/mol. The fourth-order valence-electron chi connectivity index (χ4n) is 2.15. The van der Waals surface area contributed by atoms with E-state index in [2.05, 4.69) is 16.7 Å². The Morgan fingerprint density at radius 2 is 1.85 bits per heavy atom. The van der Waals surface area contributed by atoms with E-state index in [4.69, 9.17) is 5.11 Å². The van der Waals surface area contributed by atoms with Crippen LogP contribution in [-0.4, -0.2) is 24.2 Å². The van der Waals surface area contributed by atoms with Gasteiger partial charge in [-0.3, -0.25) is 9.63 Å². The van der Waals surface area contributed by atoms with Crippen LogP contribution in [0.15, 0.2) is 43.0 Å². The Kier molecular flexibility index (Phi) is 6.76. The number of hydroxylamine groups is 1. The van der Waals surface area contributed by atoms with Crippen LogP contribution in [0.3, 0.4) is 0 Å². The number of aliphatic hydroxyl groups is 1. The normalized spacial score (nSPS) is 10.5. The van der Waals surface area contributed by atoms with Crippen LogP contribution < -0.4 is 10.8 Å². The standard InChI is InChI=1S/C18H17F3N2O3/c1-2-3-11-4-5-16(15(21)8-11)22-17-10-14(20)13(19)9-12(17)18(25)23-26-7-6-24/h2,4-5,8-10,22,24H,1,3,6-7H2,(H,23,25). The Hall–Kier alpha value is -2.84. The maximum absolute atomic E-state index is 14.2. The fraction of sp³-hybridized carbons (Fsp3) is 0.167. The van der Waals surface area contributed by atoms with Crippen LogP contribution in [0.25, 0.3) is 0 Å². The summed E-state index contributed by atoms with van der Waals surface area (Å²) >= 11 is 0. The van der Waals surface area contributed by atoms with Crippen LogP contribution in [0, 0.1) is 17.5 Å². The number of carbonyl (C=O) groups is 1. The van der Waals surface area contributed by atoms with Crippen molar-refractivity contribution in [3.05, 3.63) is 71.6 Å². The molecule has 1 amide bonds. The van der Waals surface area contributed by atoms with E-state index in [0.29, 0.717) is 18.1 Å². The molecule has 0 aliphatic heterocycles. The molecule has 0 saturated heterocycles. The van der Waals surface area contributed by atoms with Crippen LogP contribution in [0.1, 0.15) is 15.9 Å². The summed E-state index contributed by atoms with van der Waals surface area (Å²) in [6, 6.07) is 5.73. The first-order valence-corrected chi connectivity index (χ1v) is 7.64. The zero-order valence-corrected chi connectivity index (χ0v) is 13.7. The number of rotatable bonds is 8. The van der Waals surface area contributed by atoms with Crippen molar-refractivity contribution in [2.45, 2.75) is 6.42 Å². The molecular formula is C18H17F3N2O3. The van der Waals surface area contributed by atoms with E-state index >= 15 is 0 Å². The minimum atomic E-state index is -1.25. The van der Waals surface area contributed by atoms with Gasteiger partial charge in [-0.2, -0.15) is 0 Å². The second-order valence-corrected chi connectivity index (χ2v) is 5.25. The third-order valence-electron chi connectivity index (χ3n) is 3.35. The van der Waals surface area contributed by atoms with Crippen molar-refractivity contribution in [1.82, 2.24) is 5.48 Å². The summed E-state index contributed by atoms with van der Waals surface area (Å²) in [5, 5.41) is 11.2. The number of anilines is 2. The van der Waals surface area contributed by atoms with Gasteiger partial charge in [-0.15, -0.1) is 6.58 Å². The van der Waals surface area contributed by atoms with Gasteiger partial charge in [0.1, 0.15) is 5.82 Å². The summed E-state index contributed by atoms with van der Waals surface area (Å²) in [6.07, 6.45) is 2.09. The molecule has 5 nitrogen and oxygen atoms in total. The highest BCUT2D eigenvalue weighted by molar-refractivity contribution is 5.99. The van der Waals surface area contributed by atoms with Gasteiger partial charge < -0.3 is 10.4 Å². The Balaban J connectivity index is 2.31. The van der Waals surface area contributed by atoms with E-state index in [-0.39, 0.29) is 30.2 Å². The maximum Gasteiger partial charge on any atom is 0.277 e. The topological polar surface area (TPSA) is 70.6 Å². The number of benzene rings is 2. The Morgan fingerprint density at radius 3 is 2.50 bits per heavy atom.